The number of carbonyl (C=O) groups excluding carboxylic acids is 1. The Morgan fingerprint density at radius 2 is 1.75 bits per heavy atom. The number of aliphatic imine (C=N–C) groups is 1. The standard InChI is InChI=1S/C21H25F4N5O.HI/c1-26-20(28-12-15-7-8-16(22)10-18(15)21(23,24)25)27-11-14-5-4-6-17(9-14)29-19(31)13-30(2)3;/h4-10H,11-13H2,1-3H3,(H,29,31)(H2,26,27,28);1H. The van der Waals surface area contributed by atoms with Gasteiger partial charge in [0.15, 0.2) is 5.96 Å². The van der Waals surface area contributed by atoms with Crippen LogP contribution >= 0.6 is 24.0 Å². The lowest BCUT2D eigenvalue weighted by Crippen LogP contribution is -2.36. The number of hydrogen-bond donors (Lipinski definition) is 3. The van der Waals surface area contributed by atoms with Crippen molar-refractivity contribution >= 4 is 41.5 Å². The van der Waals surface area contributed by atoms with Gasteiger partial charge in [0.1, 0.15) is 5.82 Å². The molecular formula is C21H26F4IN5O. The number of likely N-dealkylation sites (N-methyl/N-ethyl adjacent to an activating group) is 1. The van der Waals surface area contributed by atoms with Gasteiger partial charge in [0.05, 0.1) is 12.1 Å². The summed E-state index contributed by atoms with van der Waals surface area (Å²) < 4.78 is 52.6. The summed E-state index contributed by atoms with van der Waals surface area (Å²) in [6.07, 6.45) is -4.66. The van der Waals surface area contributed by atoms with Crippen molar-refractivity contribution in [1.29, 1.82) is 0 Å². The molecule has 0 fully saturated rings. The number of nitrogens with one attached hydrogen (secondary N) is 3. The van der Waals surface area contributed by atoms with Crippen LogP contribution in [0.5, 0.6) is 0 Å². The van der Waals surface area contributed by atoms with Gasteiger partial charge in [0.25, 0.3) is 0 Å². The summed E-state index contributed by atoms with van der Waals surface area (Å²) in [4.78, 5) is 17.6. The molecule has 2 aromatic rings. The summed E-state index contributed by atoms with van der Waals surface area (Å²) in [6, 6.07) is 9.73. The van der Waals surface area contributed by atoms with Gasteiger partial charge in [-0.05, 0) is 49.5 Å². The van der Waals surface area contributed by atoms with Crippen molar-refractivity contribution < 1.29 is 22.4 Å². The summed E-state index contributed by atoms with van der Waals surface area (Å²) in [5, 5.41) is 8.59. The zero-order valence-corrected chi connectivity index (χ0v) is 20.2. The van der Waals surface area contributed by atoms with Gasteiger partial charge in [-0.3, -0.25) is 9.79 Å². The highest BCUT2D eigenvalue weighted by molar-refractivity contribution is 14.0. The maximum absolute atomic E-state index is 13.2. The van der Waals surface area contributed by atoms with Crippen molar-refractivity contribution in [2.24, 2.45) is 4.99 Å². The van der Waals surface area contributed by atoms with Gasteiger partial charge < -0.3 is 20.9 Å². The molecule has 0 aliphatic heterocycles. The molecule has 0 spiro atoms. The molecule has 0 atom stereocenters. The Hall–Kier alpha value is -2.41. The summed E-state index contributed by atoms with van der Waals surface area (Å²) in [6.45, 7) is 0.393. The SMILES string of the molecule is CN=C(NCc1cccc(NC(=O)CN(C)C)c1)NCc1ccc(F)cc1C(F)(F)F.I. The number of halogens is 5. The van der Waals surface area contributed by atoms with Crippen molar-refractivity contribution in [2.45, 2.75) is 19.3 Å². The average molecular weight is 567 g/mol. The lowest BCUT2D eigenvalue weighted by molar-refractivity contribution is -0.138. The maximum atomic E-state index is 13.2. The maximum Gasteiger partial charge on any atom is 0.416 e. The first-order chi connectivity index (χ1) is 14.6. The van der Waals surface area contributed by atoms with Crippen LogP contribution in [0.3, 0.4) is 0 Å². The van der Waals surface area contributed by atoms with Crippen molar-refractivity contribution in [3.63, 3.8) is 0 Å². The number of rotatable bonds is 7. The fourth-order valence-corrected chi connectivity index (χ4v) is 2.80. The van der Waals surface area contributed by atoms with Gasteiger partial charge in [0, 0.05) is 25.8 Å². The first-order valence-corrected chi connectivity index (χ1v) is 9.42. The third-order valence-electron chi connectivity index (χ3n) is 4.18. The van der Waals surface area contributed by atoms with E-state index in [0.29, 0.717) is 18.3 Å². The van der Waals surface area contributed by atoms with Crippen LogP contribution in [0.2, 0.25) is 0 Å². The zero-order chi connectivity index (χ0) is 23.0. The Morgan fingerprint density at radius 1 is 1.06 bits per heavy atom. The van der Waals surface area contributed by atoms with E-state index in [1.807, 2.05) is 6.07 Å². The molecule has 0 heterocycles. The highest BCUT2D eigenvalue weighted by atomic mass is 127. The van der Waals surface area contributed by atoms with E-state index in [0.717, 1.165) is 17.7 Å². The highest BCUT2D eigenvalue weighted by Crippen LogP contribution is 2.32. The Balaban J connectivity index is 0.00000512. The molecular weight excluding hydrogens is 541 g/mol. The molecule has 2 aromatic carbocycles. The van der Waals surface area contributed by atoms with Crippen molar-refractivity contribution in [3.8, 4) is 0 Å². The topological polar surface area (TPSA) is 68.8 Å². The minimum absolute atomic E-state index is 0. The fraction of sp³-hybridized carbons (Fsp3) is 0.333. The molecule has 1 amide bonds. The minimum atomic E-state index is -4.66. The van der Waals surface area contributed by atoms with E-state index < -0.39 is 17.6 Å². The number of benzene rings is 2. The first-order valence-electron chi connectivity index (χ1n) is 9.42. The molecule has 0 bridgehead atoms. The largest absolute Gasteiger partial charge is 0.416 e. The van der Waals surface area contributed by atoms with E-state index in [1.165, 1.54) is 7.05 Å². The number of nitrogens with zero attached hydrogens (tertiary/aromatic N) is 2. The molecule has 11 heteroatoms. The van der Waals surface area contributed by atoms with Gasteiger partial charge >= 0.3 is 6.18 Å². The first kappa shape index (κ1) is 27.6. The molecule has 176 valence electrons. The van der Waals surface area contributed by atoms with Crippen LogP contribution in [0.25, 0.3) is 0 Å². The molecule has 3 N–H and O–H groups in total. The number of hydrogen-bond acceptors (Lipinski definition) is 3. The predicted octanol–water partition coefficient (Wildman–Crippen LogP) is 3.83. The monoisotopic (exact) mass is 567 g/mol. The second-order valence-corrected chi connectivity index (χ2v) is 7.06. The Kier molecular flexibility index (Phi) is 10.9. The minimum Gasteiger partial charge on any atom is -0.352 e. The van der Waals surface area contributed by atoms with E-state index in [4.69, 9.17) is 0 Å². The molecule has 2 rings (SSSR count). The van der Waals surface area contributed by atoms with E-state index in [1.54, 1.807) is 37.2 Å². The molecule has 0 unspecified atom stereocenters. The molecule has 0 aliphatic carbocycles. The number of amides is 1. The number of carbonyl (C=O) groups is 1. The highest BCUT2D eigenvalue weighted by Gasteiger charge is 2.33. The predicted molar refractivity (Wildman–Crippen MR) is 127 cm³/mol. The van der Waals surface area contributed by atoms with Crippen LogP contribution < -0.4 is 16.0 Å². The van der Waals surface area contributed by atoms with Gasteiger partial charge in [-0.2, -0.15) is 13.2 Å². The lowest BCUT2D eigenvalue weighted by atomic mass is 10.1. The molecule has 0 saturated carbocycles. The smallest absolute Gasteiger partial charge is 0.352 e. The zero-order valence-electron chi connectivity index (χ0n) is 17.9. The molecule has 6 nitrogen and oxygen atoms in total. The van der Waals surface area contributed by atoms with E-state index in [9.17, 15) is 22.4 Å². The van der Waals surface area contributed by atoms with E-state index in [-0.39, 0.29) is 54.5 Å². The van der Waals surface area contributed by atoms with Gasteiger partial charge in [0.2, 0.25) is 5.91 Å². The van der Waals surface area contributed by atoms with Crippen molar-refractivity contribution in [3.05, 3.63) is 65.0 Å². The Labute approximate surface area is 201 Å². The second kappa shape index (κ2) is 12.6. The average Bonchev–Trinajstić information content (AvgIpc) is 2.67. The summed E-state index contributed by atoms with van der Waals surface area (Å²) in [5.74, 6) is -0.817. The van der Waals surface area contributed by atoms with Gasteiger partial charge in [-0.15, -0.1) is 24.0 Å². The fourth-order valence-electron chi connectivity index (χ4n) is 2.80. The molecule has 0 aromatic heterocycles. The van der Waals surface area contributed by atoms with Crippen LogP contribution in [-0.4, -0.2) is 44.5 Å². The summed E-state index contributed by atoms with van der Waals surface area (Å²) in [5.41, 5.74) is 0.345. The summed E-state index contributed by atoms with van der Waals surface area (Å²) >= 11 is 0. The quantitative estimate of drug-likeness (QED) is 0.206. The van der Waals surface area contributed by atoms with Crippen LogP contribution in [-0.2, 0) is 24.1 Å². The van der Waals surface area contributed by atoms with Crippen molar-refractivity contribution in [1.82, 2.24) is 15.5 Å². The Morgan fingerprint density at radius 3 is 2.38 bits per heavy atom. The van der Waals surface area contributed by atoms with Crippen LogP contribution in [0, 0.1) is 5.82 Å². The lowest BCUT2D eigenvalue weighted by Gasteiger charge is -2.16. The molecule has 0 aliphatic rings. The third kappa shape index (κ3) is 8.99. The third-order valence-corrected chi connectivity index (χ3v) is 4.18. The second-order valence-electron chi connectivity index (χ2n) is 7.06. The van der Waals surface area contributed by atoms with Gasteiger partial charge in [-0.25, -0.2) is 4.39 Å². The number of guanidine groups is 1. The van der Waals surface area contributed by atoms with E-state index >= 15 is 0 Å². The van der Waals surface area contributed by atoms with Crippen molar-refractivity contribution in [2.75, 3.05) is 33.0 Å². The van der Waals surface area contributed by atoms with Crippen LogP contribution in [0.1, 0.15) is 16.7 Å². The number of alkyl halides is 3. The Bertz CT molecular complexity index is 935. The van der Waals surface area contributed by atoms with Crippen LogP contribution in [0.4, 0.5) is 23.2 Å². The molecule has 0 saturated heterocycles. The molecule has 32 heavy (non-hydrogen) atoms. The molecule has 0 radical (unpaired) electrons. The summed E-state index contributed by atoms with van der Waals surface area (Å²) in [7, 11) is 5.08. The van der Waals surface area contributed by atoms with Crippen LogP contribution in [0.15, 0.2) is 47.5 Å². The number of anilines is 1. The normalized spacial score (nSPS) is 11.7. The van der Waals surface area contributed by atoms with E-state index in [2.05, 4.69) is 20.9 Å². The van der Waals surface area contributed by atoms with Gasteiger partial charge in [-0.1, -0.05) is 18.2 Å².